The van der Waals surface area contributed by atoms with Crippen LogP contribution >= 0.6 is 0 Å². The van der Waals surface area contributed by atoms with Gasteiger partial charge in [0.2, 0.25) is 0 Å². The van der Waals surface area contributed by atoms with Crippen molar-refractivity contribution in [3.05, 3.63) is 47.0 Å². The molecule has 2 aromatic rings. The van der Waals surface area contributed by atoms with Gasteiger partial charge < -0.3 is 10.3 Å². The molecule has 0 radical (unpaired) electrons. The van der Waals surface area contributed by atoms with E-state index in [1.165, 1.54) is 11.1 Å². The Labute approximate surface area is 120 Å². The smallest absolute Gasteiger partial charge is 0.133 e. The van der Waals surface area contributed by atoms with Crippen LogP contribution < -0.4 is 5.73 Å². The zero-order chi connectivity index (χ0) is 13.9. The number of nitrogens with two attached hydrogens (primary N) is 1. The van der Waals surface area contributed by atoms with E-state index in [1.807, 2.05) is 0 Å². The lowest BCUT2D eigenvalue weighted by Crippen LogP contribution is -2.27. The van der Waals surface area contributed by atoms with Crippen LogP contribution in [0, 0.1) is 12.8 Å². The number of nitrogens with zero attached hydrogens (tertiary/aromatic N) is 3. The molecule has 1 aliphatic heterocycles. The lowest BCUT2D eigenvalue weighted by Gasteiger charge is -2.23. The zero-order valence-corrected chi connectivity index (χ0v) is 12.0. The highest BCUT2D eigenvalue weighted by molar-refractivity contribution is 5.26. The molecular formula is C16H22N4. The maximum Gasteiger partial charge on any atom is 0.133 e. The first-order valence-corrected chi connectivity index (χ1v) is 7.43. The second kappa shape index (κ2) is 5.75. The first-order valence-electron chi connectivity index (χ1n) is 7.43. The number of hydrogen-bond donors (Lipinski definition) is 1. The summed E-state index contributed by atoms with van der Waals surface area (Å²) in [5.74, 6) is 2.83. The summed E-state index contributed by atoms with van der Waals surface area (Å²) in [4.78, 5) is 0. The summed E-state index contributed by atoms with van der Waals surface area (Å²) in [6, 6.07) is 8.56. The summed E-state index contributed by atoms with van der Waals surface area (Å²) in [6.07, 6.45) is 4.14. The van der Waals surface area contributed by atoms with E-state index in [0.29, 0.717) is 5.92 Å². The molecule has 3 rings (SSSR count). The van der Waals surface area contributed by atoms with Gasteiger partial charge in [0.05, 0.1) is 0 Å². The van der Waals surface area contributed by atoms with E-state index in [1.54, 1.807) is 0 Å². The highest BCUT2D eigenvalue weighted by atomic mass is 15.3. The summed E-state index contributed by atoms with van der Waals surface area (Å²) in [5.41, 5.74) is 8.56. The Morgan fingerprint density at radius 2 is 2.10 bits per heavy atom. The van der Waals surface area contributed by atoms with Crippen molar-refractivity contribution in [1.82, 2.24) is 14.8 Å². The van der Waals surface area contributed by atoms with E-state index in [-0.39, 0.29) is 0 Å². The highest BCUT2D eigenvalue weighted by Crippen LogP contribution is 2.20. The molecular weight excluding hydrogens is 248 g/mol. The second-order valence-corrected chi connectivity index (χ2v) is 5.71. The van der Waals surface area contributed by atoms with Crippen LogP contribution in [0.15, 0.2) is 24.3 Å². The molecule has 1 atom stereocenters. The van der Waals surface area contributed by atoms with E-state index in [0.717, 1.165) is 50.4 Å². The number of rotatable bonds is 4. The quantitative estimate of drug-likeness (QED) is 0.923. The van der Waals surface area contributed by atoms with Gasteiger partial charge >= 0.3 is 0 Å². The molecule has 2 heterocycles. The van der Waals surface area contributed by atoms with E-state index < -0.39 is 0 Å². The predicted octanol–water partition coefficient (Wildman–Crippen LogP) is 1.89. The van der Waals surface area contributed by atoms with Crippen LogP contribution in [0.3, 0.4) is 0 Å². The lowest BCUT2D eigenvalue weighted by atomic mass is 9.99. The predicted molar refractivity (Wildman–Crippen MR) is 79.5 cm³/mol. The maximum atomic E-state index is 5.81. The summed E-state index contributed by atoms with van der Waals surface area (Å²) >= 11 is 0. The van der Waals surface area contributed by atoms with Gasteiger partial charge in [0.15, 0.2) is 0 Å². The second-order valence-electron chi connectivity index (χ2n) is 5.71. The normalized spacial score (nSPS) is 18.0. The number of benzene rings is 1. The van der Waals surface area contributed by atoms with Crippen LogP contribution in [0.25, 0.3) is 0 Å². The topological polar surface area (TPSA) is 56.7 Å². The Bertz CT molecular complexity index is 588. The molecule has 1 aliphatic rings. The Morgan fingerprint density at radius 3 is 2.90 bits per heavy atom. The molecule has 0 aliphatic carbocycles. The third-order valence-corrected chi connectivity index (χ3v) is 4.33. The molecule has 0 spiro atoms. The minimum atomic E-state index is 0.579. The minimum absolute atomic E-state index is 0.579. The monoisotopic (exact) mass is 270 g/mol. The highest BCUT2D eigenvalue weighted by Gasteiger charge is 2.21. The van der Waals surface area contributed by atoms with Gasteiger partial charge in [-0.05, 0) is 43.4 Å². The van der Waals surface area contributed by atoms with Crippen LogP contribution in [-0.2, 0) is 25.8 Å². The fraction of sp³-hybridized carbons (Fsp3) is 0.500. The SMILES string of the molecule is Cc1ccccc1CCc1nnc2n1CC(CN)CC2. The minimum Gasteiger partial charge on any atom is -0.330 e. The first kappa shape index (κ1) is 13.3. The van der Waals surface area contributed by atoms with E-state index in [2.05, 4.69) is 46.0 Å². The van der Waals surface area contributed by atoms with Gasteiger partial charge in [0, 0.05) is 19.4 Å². The molecule has 1 aromatic heterocycles. The van der Waals surface area contributed by atoms with Gasteiger partial charge in [-0.3, -0.25) is 0 Å². The van der Waals surface area contributed by atoms with Crippen molar-refractivity contribution in [2.45, 2.75) is 39.2 Å². The number of aryl methyl sites for hydroxylation is 4. The lowest BCUT2D eigenvalue weighted by molar-refractivity contribution is 0.366. The van der Waals surface area contributed by atoms with Crippen LogP contribution in [-0.4, -0.2) is 21.3 Å². The third kappa shape index (κ3) is 2.61. The molecule has 0 saturated heterocycles. The van der Waals surface area contributed by atoms with Crippen molar-refractivity contribution in [2.75, 3.05) is 6.54 Å². The summed E-state index contributed by atoms with van der Waals surface area (Å²) < 4.78 is 2.29. The van der Waals surface area contributed by atoms with Gasteiger partial charge in [-0.15, -0.1) is 10.2 Å². The fourth-order valence-corrected chi connectivity index (χ4v) is 2.97. The van der Waals surface area contributed by atoms with Gasteiger partial charge in [-0.2, -0.15) is 0 Å². The Hall–Kier alpha value is -1.68. The standard InChI is InChI=1S/C16H22N4/c1-12-4-2-3-5-14(12)7-9-16-19-18-15-8-6-13(10-17)11-20(15)16/h2-5,13H,6-11,17H2,1H3. The van der Waals surface area contributed by atoms with Gasteiger partial charge in [0.25, 0.3) is 0 Å². The molecule has 1 aromatic carbocycles. The van der Waals surface area contributed by atoms with Crippen molar-refractivity contribution in [3.8, 4) is 0 Å². The van der Waals surface area contributed by atoms with Crippen molar-refractivity contribution in [3.63, 3.8) is 0 Å². The van der Waals surface area contributed by atoms with E-state index >= 15 is 0 Å². The van der Waals surface area contributed by atoms with E-state index in [9.17, 15) is 0 Å². The van der Waals surface area contributed by atoms with Gasteiger partial charge in [0.1, 0.15) is 11.6 Å². The molecule has 1 unspecified atom stereocenters. The zero-order valence-electron chi connectivity index (χ0n) is 12.0. The molecule has 20 heavy (non-hydrogen) atoms. The molecule has 0 bridgehead atoms. The fourth-order valence-electron chi connectivity index (χ4n) is 2.97. The number of aromatic nitrogens is 3. The Morgan fingerprint density at radius 1 is 1.25 bits per heavy atom. The first-order chi connectivity index (χ1) is 9.78. The molecule has 2 N–H and O–H groups in total. The molecule has 106 valence electrons. The summed E-state index contributed by atoms with van der Waals surface area (Å²) in [6.45, 7) is 3.91. The van der Waals surface area contributed by atoms with Crippen LogP contribution in [0.4, 0.5) is 0 Å². The van der Waals surface area contributed by atoms with Crippen LogP contribution in [0.2, 0.25) is 0 Å². The molecule has 0 fully saturated rings. The molecule has 4 nitrogen and oxygen atoms in total. The third-order valence-electron chi connectivity index (χ3n) is 4.33. The maximum absolute atomic E-state index is 5.81. The molecule has 0 amide bonds. The van der Waals surface area contributed by atoms with E-state index in [4.69, 9.17) is 5.73 Å². The van der Waals surface area contributed by atoms with Crippen molar-refractivity contribution in [1.29, 1.82) is 0 Å². The van der Waals surface area contributed by atoms with Gasteiger partial charge in [-0.25, -0.2) is 0 Å². The van der Waals surface area contributed by atoms with Crippen molar-refractivity contribution >= 4 is 0 Å². The Kier molecular flexibility index (Phi) is 3.83. The molecule has 4 heteroatoms. The van der Waals surface area contributed by atoms with Crippen molar-refractivity contribution < 1.29 is 0 Å². The Balaban J connectivity index is 1.73. The number of hydrogen-bond acceptors (Lipinski definition) is 3. The summed E-state index contributed by atoms with van der Waals surface area (Å²) in [5, 5.41) is 8.72. The summed E-state index contributed by atoms with van der Waals surface area (Å²) in [7, 11) is 0. The van der Waals surface area contributed by atoms with Gasteiger partial charge in [-0.1, -0.05) is 24.3 Å². The van der Waals surface area contributed by atoms with Crippen LogP contribution in [0.5, 0.6) is 0 Å². The average Bonchev–Trinajstić information content (AvgIpc) is 2.88. The van der Waals surface area contributed by atoms with Crippen LogP contribution in [0.1, 0.15) is 29.2 Å². The van der Waals surface area contributed by atoms with Crippen molar-refractivity contribution in [2.24, 2.45) is 11.7 Å². The molecule has 0 saturated carbocycles. The largest absolute Gasteiger partial charge is 0.330 e. The number of fused-ring (bicyclic) bond motifs is 1. The average molecular weight is 270 g/mol.